The maximum atomic E-state index is 5.18. The van der Waals surface area contributed by atoms with E-state index in [1.54, 1.807) is 14.2 Å². The van der Waals surface area contributed by atoms with Crippen LogP contribution in [0.4, 0.5) is 0 Å². The average Bonchev–Trinajstić information content (AvgIpc) is 2.35. The Morgan fingerprint density at radius 1 is 1.06 bits per heavy atom. The lowest BCUT2D eigenvalue weighted by Gasteiger charge is -2.34. The van der Waals surface area contributed by atoms with Gasteiger partial charge < -0.3 is 14.8 Å². The van der Waals surface area contributed by atoms with Crippen LogP contribution in [0.5, 0.6) is 0 Å². The summed E-state index contributed by atoms with van der Waals surface area (Å²) < 4.78 is 10.3. The molecule has 0 atom stereocenters. The Hall–Kier alpha value is -0.160. The van der Waals surface area contributed by atoms with E-state index in [9.17, 15) is 0 Å². The van der Waals surface area contributed by atoms with Crippen molar-refractivity contribution in [1.29, 1.82) is 0 Å². The summed E-state index contributed by atoms with van der Waals surface area (Å²) in [4.78, 5) is 2.56. The van der Waals surface area contributed by atoms with Gasteiger partial charge in [0.05, 0.1) is 6.61 Å². The van der Waals surface area contributed by atoms with Gasteiger partial charge in [0.25, 0.3) is 0 Å². The maximum absolute atomic E-state index is 5.18. The number of ether oxygens (including phenoxy) is 2. The number of hydrogen-bond acceptors (Lipinski definition) is 4. The first-order valence-electron chi connectivity index (χ1n) is 6.31. The first-order valence-corrected chi connectivity index (χ1v) is 6.31. The number of rotatable bonds is 8. The number of methoxy groups -OCH3 is 2. The van der Waals surface area contributed by atoms with E-state index in [2.05, 4.69) is 10.2 Å². The smallest absolute Gasteiger partial charge is 0.0589 e. The molecule has 0 spiro atoms. The minimum Gasteiger partial charge on any atom is -0.385 e. The van der Waals surface area contributed by atoms with Crippen molar-refractivity contribution in [3.63, 3.8) is 0 Å². The van der Waals surface area contributed by atoms with E-state index < -0.39 is 0 Å². The molecule has 1 fully saturated rings. The van der Waals surface area contributed by atoms with Crippen LogP contribution in [-0.2, 0) is 9.47 Å². The van der Waals surface area contributed by atoms with Crippen LogP contribution in [0.2, 0.25) is 0 Å². The van der Waals surface area contributed by atoms with E-state index in [1.165, 1.54) is 12.8 Å². The predicted octanol–water partition coefficient (Wildman–Crippen LogP) is 0.723. The van der Waals surface area contributed by atoms with Crippen molar-refractivity contribution in [3.05, 3.63) is 0 Å². The van der Waals surface area contributed by atoms with Crippen LogP contribution in [0.3, 0.4) is 0 Å². The van der Waals surface area contributed by atoms with Gasteiger partial charge in [-0.2, -0.15) is 0 Å². The zero-order valence-electron chi connectivity index (χ0n) is 10.7. The van der Waals surface area contributed by atoms with Gasteiger partial charge in [0.2, 0.25) is 0 Å². The summed E-state index contributed by atoms with van der Waals surface area (Å²) in [6.45, 7) is 6.16. The molecule has 0 saturated carbocycles. The topological polar surface area (TPSA) is 33.7 Å². The van der Waals surface area contributed by atoms with Gasteiger partial charge in [0.15, 0.2) is 0 Å². The van der Waals surface area contributed by atoms with Gasteiger partial charge in [-0.05, 0) is 32.4 Å². The van der Waals surface area contributed by atoms with Crippen molar-refractivity contribution < 1.29 is 9.47 Å². The van der Waals surface area contributed by atoms with Crippen molar-refractivity contribution in [2.24, 2.45) is 0 Å². The highest BCUT2D eigenvalue weighted by molar-refractivity contribution is 4.77. The Bertz CT molecular complexity index is 161. The first-order chi connectivity index (χ1) is 7.88. The maximum Gasteiger partial charge on any atom is 0.0589 e. The molecule has 1 aliphatic heterocycles. The molecule has 0 unspecified atom stereocenters. The molecule has 0 aromatic rings. The minimum atomic E-state index is 0.730. The molecule has 1 rings (SSSR count). The largest absolute Gasteiger partial charge is 0.385 e. The highest BCUT2D eigenvalue weighted by Gasteiger charge is 2.19. The number of nitrogens with one attached hydrogen (secondary N) is 1. The van der Waals surface area contributed by atoms with Gasteiger partial charge >= 0.3 is 0 Å². The Kier molecular flexibility index (Phi) is 7.76. The van der Waals surface area contributed by atoms with Crippen molar-refractivity contribution in [1.82, 2.24) is 10.2 Å². The molecule has 16 heavy (non-hydrogen) atoms. The molecule has 0 aliphatic carbocycles. The highest BCUT2D eigenvalue weighted by Crippen LogP contribution is 2.12. The van der Waals surface area contributed by atoms with E-state index in [-0.39, 0.29) is 0 Å². The van der Waals surface area contributed by atoms with Crippen molar-refractivity contribution in [2.45, 2.75) is 25.3 Å². The summed E-state index contributed by atoms with van der Waals surface area (Å²) >= 11 is 0. The monoisotopic (exact) mass is 230 g/mol. The van der Waals surface area contributed by atoms with E-state index in [4.69, 9.17) is 9.47 Å². The van der Waals surface area contributed by atoms with Gasteiger partial charge in [-0.15, -0.1) is 0 Å². The molecule has 0 aromatic heterocycles. The van der Waals surface area contributed by atoms with E-state index >= 15 is 0 Å². The Morgan fingerprint density at radius 3 is 2.38 bits per heavy atom. The average molecular weight is 230 g/mol. The lowest BCUT2D eigenvalue weighted by Crippen LogP contribution is -2.45. The summed E-state index contributed by atoms with van der Waals surface area (Å²) in [5.74, 6) is 0. The van der Waals surface area contributed by atoms with Crippen LogP contribution in [0, 0.1) is 0 Å². The van der Waals surface area contributed by atoms with Gasteiger partial charge in [0, 0.05) is 40.0 Å². The van der Waals surface area contributed by atoms with E-state index in [0.29, 0.717) is 0 Å². The summed E-state index contributed by atoms with van der Waals surface area (Å²) in [6, 6.07) is 0.730. The fourth-order valence-corrected chi connectivity index (χ4v) is 2.27. The summed E-state index contributed by atoms with van der Waals surface area (Å²) in [5, 5.41) is 3.41. The zero-order chi connectivity index (χ0) is 11.6. The molecule has 1 saturated heterocycles. The van der Waals surface area contributed by atoms with Crippen LogP contribution in [0.15, 0.2) is 0 Å². The van der Waals surface area contributed by atoms with Crippen LogP contribution in [-0.4, -0.2) is 64.6 Å². The van der Waals surface area contributed by atoms with Gasteiger partial charge in [-0.25, -0.2) is 0 Å². The van der Waals surface area contributed by atoms with Crippen LogP contribution < -0.4 is 5.32 Å². The molecule has 1 aliphatic rings. The Morgan fingerprint density at radius 2 is 1.75 bits per heavy atom. The summed E-state index contributed by atoms with van der Waals surface area (Å²) in [7, 11) is 3.54. The third-order valence-electron chi connectivity index (χ3n) is 3.20. The van der Waals surface area contributed by atoms with E-state index in [0.717, 1.165) is 51.9 Å². The lowest BCUT2D eigenvalue weighted by atomic mass is 10.0. The van der Waals surface area contributed by atoms with Crippen LogP contribution in [0.1, 0.15) is 19.3 Å². The van der Waals surface area contributed by atoms with E-state index in [1.807, 2.05) is 0 Å². The fraction of sp³-hybridized carbons (Fsp3) is 1.00. The van der Waals surface area contributed by atoms with Crippen LogP contribution >= 0.6 is 0 Å². The second-order valence-electron chi connectivity index (χ2n) is 4.36. The lowest BCUT2D eigenvalue weighted by molar-refractivity contribution is 0.0937. The summed E-state index contributed by atoms with van der Waals surface area (Å²) in [6.07, 6.45) is 3.64. The van der Waals surface area contributed by atoms with Crippen LogP contribution in [0.25, 0.3) is 0 Å². The molecule has 4 nitrogen and oxygen atoms in total. The predicted molar refractivity (Wildman–Crippen MR) is 65.8 cm³/mol. The molecule has 96 valence electrons. The number of piperidine rings is 1. The third kappa shape index (κ3) is 5.25. The molecule has 0 aromatic carbocycles. The van der Waals surface area contributed by atoms with Crippen molar-refractivity contribution in [3.8, 4) is 0 Å². The van der Waals surface area contributed by atoms with Gasteiger partial charge in [-0.3, -0.25) is 4.90 Å². The molecule has 0 bridgehead atoms. The zero-order valence-corrected chi connectivity index (χ0v) is 10.7. The SMILES string of the molecule is COCCCN(CCOC)C1CCNCC1. The summed E-state index contributed by atoms with van der Waals surface area (Å²) in [5.41, 5.74) is 0. The molecule has 4 heteroatoms. The third-order valence-corrected chi connectivity index (χ3v) is 3.20. The second-order valence-corrected chi connectivity index (χ2v) is 4.36. The number of nitrogens with zero attached hydrogens (tertiary/aromatic N) is 1. The molecular formula is C12H26N2O2. The normalized spacial score (nSPS) is 18.2. The molecule has 1 N–H and O–H groups in total. The van der Waals surface area contributed by atoms with Crippen molar-refractivity contribution >= 4 is 0 Å². The second kappa shape index (κ2) is 8.93. The number of hydrogen-bond donors (Lipinski definition) is 1. The molecular weight excluding hydrogens is 204 g/mol. The Balaban J connectivity index is 2.28. The van der Waals surface area contributed by atoms with Gasteiger partial charge in [0.1, 0.15) is 0 Å². The highest BCUT2D eigenvalue weighted by atomic mass is 16.5. The molecule has 1 heterocycles. The Labute approximate surface area is 99.3 Å². The van der Waals surface area contributed by atoms with Crippen molar-refractivity contribution in [2.75, 3.05) is 53.6 Å². The minimum absolute atomic E-state index is 0.730. The molecule has 0 radical (unpaired) electrons. The quantitative estimate of drug-likeness (QED) is 0.623. The fourth-order valence-electron chi connectivity index (χ4n) is 2.27. The molecule has 0 amide bonds. The van der Waals surface area contributed by atoms with Gasteiger partial charge in [-0.1, -0.05) is 0 Å². The first kappa shape index (κ1) is 13.9. The standard InChI is InChI=1S/C12H26N2O2/c1-15-10-3-8-14(9-11-16-2)12-4-6-13-7-5-12/h12-13H,3-11H2,1-2H3.